The lowest BCUT2D eigenvalue weighted by Crippen LogP contribution is -2.60. The highest BCUT2D eigenvalue weighted by Gasteiger charge is 2.39. The molecule has 18 nitrogen and oxygen atoms in total. The van der Waals surface area contributed by atoms with E-state index in [1.54, 1.807) is 12.1 Å². The third-order valence-corrected chi connectivity index (χ3v) is 12.4. The Kier molecular flexibility index (Phi) is 15.2. The molecular formula is C46H60Cl2F4N18. The number of anilines is 5. The predicted molar refractivity (Wildman–Crippen MR) is 262 cm³/mol. The number of tetrazole rings is 2. The van der Waals surface area contributed by atoms with E-state index in [9.17, 15) is 13.2 Å². The summed E-state index contributed by atoms with van der Waals surface area (Å²) in [6.07, 6.45) is 12.4. The van der Waals surface area contributed by atoms with Crippen molar-refractivity contribution in [2.24, 2.45) is 0 Å². The van der Waals surface area contributed by atoms with Crippen LogP contribution in [0.15, 0.2) is 49.3 Å². The van der Waals surface area contributed by atoms with Crippen molar-refractivity contribution in [1.82, 2.24) is 71.0 Å². The number of rotatable bonds is 10. The number of hydrogen-bond donors (Lipinski definition) is 6. The van der Waals surface area contributed by atoms with E-state index in [2.05, 4.69) is 133 Å². The molecule has 70 heavy (non-hydrogen) atoms. The number of nitrogen functional groups attached to an aromatic ring is 1. The fourth-order valence-electron chi connectivity index (χ4n) is 10.1. The highest BCUT2D eigenvalue weighted by molar-refractivity contribution is 6.28. The second-order valence-electron chi connectivity index (χ2n) is 21.0. The summed E-state index contributed by atoms with van der Waals surface area (Å²) in [4.78, 5) is 15.9. The lowest BCUT2D eigenvalue weighted by molar-refractivity contribution is 0.170. The Bertz CT molecular complexity index is 2720. The van der Waals surface area contributed by atoms with Crippen LogP contribution in [0.1, 0.15) is 130 Å². The molecule has 2 saturated heterocycles. The average Bonchev–Trinajstić information content (AvgIpc) is 4.12. The Morgan fingerprint density at radius 2 is 1.06 bits per heavy atom. The van der Waals surface area contributed by atoms with Crippen LogP contribution in [-0.4, -0.2) is 94.6 Å². The molecule has 376 valence electrons. The lowest BCUT2D eigenvalue weighted by atomic mass is 9.79. The zero-order valence-corrected chi connectivity index (χ0v) is 41.9. The fraction of sp³-hybridized carbons (Fsp3) is 0.522. The Morgan fingerprint density at radius 3 is 1.51 bits per heavy atom. The summed E-state index contributed by atoms with van der Waals surface area (Å²) < 4.78 is 60.0. The van der Waals surface area contributed by atoms with Gasteiger partial charge in [0.2, 0.25) is 11.2 Å². The van der Waals surface area contributed by atoms with Gasteiger partial charge in [0.15, 0.2) is 23.3 Å². The maximum absolute atomic E-state index is 15.1. The Morgan fingerprint density at radius 1 is 0.614 bits per heavy atom. The molecule has 6 aromatic rings. The van der Waals surface area contributed by atoms with Crippen LogP contribution in [0.25, 0.3) is 11.4 Å². The molecule has 4 fully saturated rings. The Hall–Kier alpha value is -5.84. The second kappa shape index (κ2) is 20.5. The van der Waals surface area contributed by atoms with Gasteiger partial charge in [0, 0.05) is 56.7 Å². The molecule has 0 amide bonds. The summed E-state index contributed by atoms with van der Waals surface area (Å²) in [6, 6.07) is 6.38. The van der Waals surface area contributed by atoms with E-state index in [0.29, 0.717) is 33.9 Å². The SMILES string of the molecule is CC1(C)CC(Nc2nc(Cl)ncc2F)CC(C)(C)N1.CC1(C)CC(Nc2nc(Nc3cc(F)c(C4CC4)c(-n4cnnn4)c3)ncc2F)CC(C)(C)N1.Cl.Nc1cc(F)c(C2CC2)c(-n2cnnn2)c1. The zero-order valence-electron chi connectivity index (χ0n) is 40.3. The summed E-state index contributed by atoms with van der Waals surface area (Å²) in [5.74, 6) is -0.735. The molecule has 4 aromatic heterocycles. The summed E-state index contributed by atoms with van der Waals surface area (Å²) in [7, 11) is 0. The zero-order chi connectivity index (χ0) is 49.5. The molecule has 2 saturated carbocycles. The molecule has 6 heterocycles. The van der Waals surface area contributed by atoms with Crippen LogP contribution >= 0.6 is 24.0 Å². The molecule has 7 N–H and O–H groups in total. The molecule has 4 aliphatic rings. The summed E-state index contributed by atoms with van der Waals surface area (Å²) in [6.45, 7) is 17.1. The molecule has 2 aromatic carbocycles. The molecule has 24 heteroatoms. The number of nitrogens with one attached hydrogen (secondary N) is 5. The maximum Gasteiger partial charge on any atom is 0.229 e. The van der Waals surface area contributed by atoms with Crippen molar-refractivity contribution in [1.29, 1.82) is 0 Å². The van der Waals surface area contributed by atoms with Crippen molar-refractivity contribution >= 4 is 53.0 Å². The van der Waals surface area contributed by atoms with Crippen LogP contribution in [-0.2, 0) is 0 Å². The molecular weight excluding hydrogens is 952 g/mol. The first-order valence-electron chi connectivity index (χ1n) is 23.0. The van der Waals surface area contributed by atoms with Crippen molar-refractivity contribution in [2.45, 2.75) is 153 Å². The van der Waals surface area contributed by atoms with Crippen molar-refractivity contribution in [2.75, 3.05) is 21.7 Å². The number of benzene rings is 2. The number of nitrogens with two attached hydrogens (primary N) is 1. The van der Waals surface area contributed by atoms with Gasteiger partial charge >= 0.3 is 0 Å². The monoisotopic (exact) mass is 1010 g/mol. The molecule has 2 aliphatic carbocycles. The number of hydrogen-bond acceptors (Lipinski definition) is 16. The largest absolute Gasteiger partial charge is 0.399 e. The first-order valence-corrected chi connectivity index (χ1v) is 23.4. The van der Waals surface area contributed by atoms with E-state index < -0.39 is 11.6 Å². The standard InChI is InChI=1S/C23H29F2N9.C13H20ClFN4.C10H10FN5.ClH/c1-22(2)9-15(10-23(3,4)31-22)28-20-17(25)11-26-21(30-20)29-14-7-16(24)19(13-5-6-13)18(8-14)34-12-27-32-33-34;1-12(2)5-8(6-13(3,4)19-12)17-10-9(15)7-16-11(14)18-10;11-8-3-7(12)4-9(10(8)6-1-2-6)16-5-13-14-15-16;/h7-8,11-13,15,31H,5-6,9-10H2,1-4H3,(H2,26,28,29,30);7-8,19H,5-6H2,1-4H3,(H,16,17,18);3-6H,1-2,12H2;1H. The molecule has 0 radical (unpaired) electrons. The van der Waals surface area contributed by atoms with Crippen LogP contribution in [0.4, 0.5) is 46.5 Å². The van der Waals surface area contributed by atoms with E-state index in [1.165, 1.54) is 34.2 Å². The van der Waals surface area contributed by atoms with Crippen LogP contribution in [0.2, 0.25) is 5.28 Å². The number of nitrogens with zero attached hydrogens (tertiary/aromatic N) is 12. The molecule has 2 aliphatic heterocycles. The third kappa shape index (κ3) is 13.3. The quantitative estimate of drug-likeness (QED) is 0.0429. The highest BCUT2D eigenvalue weighted by atomic mass is 35.5. The van der Waals surface area contributed by atoms with Crippen molar-refractivity contribution in [3.63, 3.8) is 0 Å². The molecule has 0 unspecified atom stereocenters. The summed E-state index contributed by atoms with van der Waals surface area (Å²) in [5, 5.41) is 38.8. The fourth-order valence-corrected chi connectivity index (χ4v) is 10.2. The van der Waals surface area contributed by atoms with Gasteiger partial charge in [0.1, 0.15) is 24.3 Å². The molecule has 0 bridgehead atoms. The number of aromatic nitrogens is 12. The van der Waals surface area contributed by atoms with Crippen LogP contribution in [0, 0.1) is 23.3 Å². The summed E-state index contributed by atoms with van der Waals surface area (Å²) >= 11 is 5.71. The number of halogens is 6. The van der Waals surface area contributed by atoms with E-state index >= 15 is 4.39 Å². The normalized spacial score (nSPS) is 19.1. The van der Waals surface area contributed by atoms with Gasteiger partial charge in [-0.25, -0.2) is 36.9 Å². The Labute approximate surface area is 415 Å². The third-order valence-electron chi connectivity index (χ3n) is 12.2. The van der Waals surface area contributed by atoms with Crippen molar-refractivity contribution in [3.8, 4) is 11.4 Å². The second-order valence-corrected chi connectivity index (χ2v) is 21.4. The molecule has 0 atom stereocenters. The topological polar surface area (TPSA) is 225 Å². The maximum atomic E-state index is 15.1. The van der Waals surface area contributed by atoms with Gasteiger partial charge in [-0.2, -0.15) is 9.97 Å². The minimum absolute atomic E-state index is 0. The minimum Gasteiger partial charge on any atom is -0.399 e. The van der Waals surface area contributed by atoms with Crippen LogP contribution in [0.3, 0.4) is 0 Å². The first kappa shape index (κ1) is 52.0. The first-order chi connectivity index (χ1) is 32.5. The van der Waals surface area contributed by atoms with Gasteiger partial charge in [0.05, 0.1) is 23.8 Å². The summed E-state index contributed by atoms with van der Waals surface area (Å²) in [5.41, 5.74) is 8.70. The van der Waals surface area contributed by atoms with Gasteiger partial charge < -0.3 is 32.3 Å². The van der Waals surface area contributed by atoms with Gasteiger partial charge in [-0.3, -0.25) is 0 Å². The van der Waals surface area contributed by atoms with E-state index in [1.807, 2.05) is 0 Å². The van der Waals surface area contributed by atoms with Crippen LogP contribution < -0.4 is 32.3 Å². The van der Waals surface area contributed by atoms with Gasteiger partial charge in [-0.1, -0.05) is 0 Å². The highest BCUT2D eigenvalue weighted by Crippen LogP contribution is 2.46. The van der Waals surface area contributed by atoms with Crippen molar-refractivity contribution in [3.05, 3.63) is 89.0 Å². The van der Waals surface area contributed by atoms with Gasteiger partial charge in [-0.15, -0.1) is 22.6 Å². The lowest BCUT2D eigenvalue weighted by Gasteiger charge is -2.46. The smallest absolute Gasteiger partial charge is 0.229 e. The van der Waals surface area contributed by atoms with E-state index in [0.717, 1.165) is 63.8 Å². The van der Waals surface area contributed by atoms with E-state index in [4.69, 9.17) is 17.3 Å². The minimum atomic E-state index is -0.538. The van der Waals surface area contributed by atoms with Crippen LogP contribution in [0.5, 0.6) is 0 Å². The average molecular weight is 1010 g/mol. The molecule has 10 rings (SSSR count). The molecule has 0 spiro atoms. The van der Waals surface area contributed by atoms with Crippen molar-refractivity contribution < 1.29 is 17.6 Å². The predicted octanol–water partition coefficient (Wildman–Crippen LogP) is 8.75. The van der Waals surface area contributed by atoms with Gasteiger partial charge in [-0.05, 0) is 175 Å². The number of piperidine rings is 2. The van der Waals surface area contributed by atoms with E-state index in [-0.39, 0.29) is 93.0 Å². The van der Waals surface area contributed by atoms with Gasteiger partial charge in [0.25, 0.3) is 0 Å². The Balaban J connectivity index is 0.000000169.